The van der Waals surface area contributed by atoms with Gasteiger partial charge in [-0.15, -0.1) is 11.6 Å². The van der Waals surface area contributed by atoms with E-state index in [0.717, 1.165) is 13.0 Å². The molecule has 2 atom stereocenters. The maximum Gasteiger partial charge on any atom is 0.321 e. The molecule has 0 bridgehead atoms. The third kappa shape index (κ3) is 4.37. The van der Waals surface area contributed by atoms with Crippen molar-refractivity contribution in [2.45, 2.75) is 25.9 Å². The molecule has 1 heterocycles. The number of hydrogen-bond acceptors (Lipinski definition) is 3. The van der Waals surface area contributed by atoms with E-state index in [-0.39, 0.29) is 24.3 Å². The molecule has 1 rings (SSSR count). The van der Waals surface area contributed by atoms with Crippen LogP contribution in [0.25, 0.3) is 0 Å². The number of rotatable bonds is 4. The van der Waals surface area contributed by atoms with Crippen molar-refractivity contribution < 1.29 is 14.3 Å². The Kier molecular flexibility index (Phi) is 5.55. The molecular formula is C10H17ClN2O3. The maximum atomic E-state index is 11.3. The van der Waals surface area contributed by atoms with Gasteiger partial charge in [-0.25, -0.2) is 4.79 Å². The topological polar surface area (TPSA) is 67.4 Å². The van der Waals surface area contributed by atoms with Crippen molar-refractivity contribution in [3.8, 4) is 0 Å². The Hall–Kier alpha value is -0.810. The van der Waals surface area contributed by atoms with Crippen molar-refractivity contribution in [2.75, 3.05) is 19.0 Å². The van der Waals surface area contributed by atoms with Gasteiger partial charge in [0.25, 0.3) is 0 Å². The lowest BCUT2D eigenvalue weighted by Gasteiger charge is -2.14. The smallest absolute Gasteiger partial charge is 0.321 e. The molecule has 0 spiro atoms. The van der Waals surface area contributed by atoms with Crippen molar-refractivity contribution in [1.29, 1.82) is 0 Å². The zero-order valence-corrected chi connectivity index (χ0v) is 10.0. The first-order valence-corrected chi connectivity index (χ1v) is 5.92. The molecule has 2 N–H and O–H groups in total. The summed E-state index contributed by atoms with van der Waals surface area (Å²) in [5.74, 6) is 0.184. The Morgan fingerprint density at radius 1 is 1.50 bits per heavy atom. The molecule has 1 saturated heterocycles. The van der Waals surface area contributed by atoms with Gasteiger partial charge in [-0.1, -0.05) is 0 Å². The van der Waals surface area contributed by atoms with Gasteiger partial charge in [0.15, 0.2) is 0 Å². The number of amides is 3. The zero-order chi connectivity index (χ0) is 12.0. The van der Waals surface area contributed by atoms with Gasteiger partial charge in [0.2, 0.25) is 5.91 Å². The van der Waals surface area contributed by atoms with Crippen LogP contribution in [-0.4, -0.2) is 37.1 Å². The fourth-order valence-corrected chi connectivity index (χ4v) is 1.76. The molecule has 0 aromatic rings. The first kappa shape index (κ1) is 13.3. The molecule has 6 heteroatoms. The van der Waals surface area contributed by atoms with Gasteiger partial charge in [0.1, 0.15) is 0 Å². The normalized spacial score (nSPS) is 24.1. The minimum atomic E-state index is -0.464. The van der Waals surface area contributed by atoms with E-state index in [4.69, 9.17) is 16.3 Å². The van der Waals surface area contributed by atoms with E-state index < -0.39 is 6.03 Å². The van der Waals surface area contributed by atoms with Crippen molar-refractivity contribution in [2.24, 2.45) is 5.92 Å². The highest BCUT2D eigenvalue weighted by atomic mass is 35.5. The Balaban J connectivity index is 2.17. The average molecular weight is 249 g/mol. The summed E-state index contributed by atoms with van der Waals surface area (Å²) in [6, 6.07) is -0.464. The van der Waals surface area contributed by atoms with Gasteiger partial charge in [0, 0.05) is 31.4 Å². The van der Waals surface area contributed by atoms with Crippen LogP contribution in [0, 0.1) is 5.92 Å². The Labute approximate surface area is 99.9 Å². The molecule has 2 unspecified atom stereocenters. The predicted molar refractivity (Wildman–Crippen MR) is 60.4 cm³/mol. The highest BCUT2D eigenvalue weighted by molar-refractivity contribution is 6.19. The van der Waals surface area contributed by atoms with Crippen molar-refractivity contribution in [3.05, 3.63) is 0 Å². The predicted octanol–water partition coefficient (Wildman–Crippen LogP) is 0.866. The number of imide groups is 1. The molecule has 1 aliphatic rings. The molecule has 1 fully saturated rings. The first-order valence-electron chi connectivity index (χ1n) is 5.38. The van der Waals surface area contributed by atoms with Gasteiger partial charge < -0.3 is 10.1 Å². The highest BCUT2D eigenvalue weighted by Crippen LogP contribution is 2.18. The summed E-state index contributed by atoms with van der Waals surface area (Å²) in [6.45, 7) is 3.25. The number of carbonyl (C=O) groups is 2. The van der Waals surface area contributed by atoms with Gasteiger partial charge >= 0.3 is 6.03 Å². The summed E-state index contributed by atoms with van der Waals surface area (Å²) in [5.41, 5.74) is 0. The van der Waals surface area contributed by atoms with E-state index in [1.165, 1.54) is 0 Å². The Bertz CT molecular complexity index is 260. The summed E-state index contributed by atoms with van der Waals surface area (Å²) in [5, 5.41) is 4.86. The summed E-state index contributed by atoms with van der Waals surface area (Å²) in [4.78, 5) is 22.3. The van der Waals surface area contributed by atoms with Crippen LogP contribution < -0.4 is 10.6 Å². The van der Waals surface area contributed by atoms with Crippen LogP contribution in [0.2, 0.25) is 0 Å². The lowest BCUT2D eigenvalue weighted by molar-refractivity contribution is -0.119. The second-order valence-corrected chi connectivity index (χ2v) is 4.20. The average Bonchev–Trinajstić information content (AvgIpc) is 2.61. The van der Waals surface area contributed by atoms with E-state index in [0.29, 0.717) is 12.5 Å². The summed E-state index contributed by atoms with van der Waals surface area (Å²) in [7, 11) is 0. The third-order valence-electron chi connectivity index (χ3n) is 2.63. The minimum Gasteiger partial charge on any atom is -0.378 e. The number of ether oxygens (including phenoxy) is 1. The first-order chi connectivity index (χ1) is 7.63. The van der Waals surface area contributed by atoms with Crippen LogP contribution in [0.4, 0.5) is 4.79 Å². The van der Waals surface area contributed by atoms with E-state index in [1.54, 1.807) is 0 Å². The van der Waals surface area contributed by atoms with Crippen molar-refractivity contribution >= 4 is 23.5 Å². The molecule has 0 saturated carbocycles. The fraction of sp³-hybridized carbons (Fsp3) is 0.800. The number of alkyl halides is 1. The van der Waals surface area contributed by atoms with Crippen LogP contribution in [-0.2, 0) is 9.53 Å². The minimum absolute atomic E-state index is 0.151. The van der Waals surface area contributed by atoms with Crippen molar-refractivity contribution in [1.82, 2.24) is 10.6 Å². The van der Waals surface area contributed by atoms with E-state index in [1.807, 2.05) is 6.92 Å². The van der Waals surface area contributed by atoms with Gasteiger partial charge in [-0.2, -0.15) is 0 Å². The number of carbonyl (C=O) groups excluding carboxylic acids is 2. The second kappa shape index (κ2) is 6.70. The van der Waals surface area contributed by atoms with E-state index in [9.17, 15) is 9.59 Å². The lowest BCUT2D eigenvalue weighted by atomic mass is 10.0. The summed E-state index contributed by atoms with van der Waals surface area (Å²) >= 11 is 5.37. The molecule has 16 heavy (non-hydrogen) atoms. The molecule has 1 aliphatic heterocycles. The molecule has 0 radical (unpaired) electrons. The van der Waals surface area contributed by atoms with E-state index in [2.05, 4.69) is 10.6 Å². The number of urea groups is 1. The van der Waals surface area contributed by atoms with Crippen LogP contribution in [0.5, 0.6) is 0 Å². The lowest BCUT2D eigenvalue weighted by Crippen LogP contribution is -2.42. The van der Waals surface area contributed by atoms with Crippen LogP contribution in [0.3, 0.4) is 0 Å². The molecule has 0 aromatic heterocycles. The fourth-order valence-electron chi connectivity index (χ4n) is 1.59. The monoisotopic (exact) mass is 248 g/mol. The molecule has 0 aromatic carbocycles. The van der Waals surface area contributed by atoms with Crippen LogP contribution >= 0.6 is 11.6 Å². The molecule has 3 amide bonds. The number of hydrogen-bond donors (Lipinski definition) is 2. The van der Waals surface area contributed by atoms with Crippen molar-refractivity contribution in [3.63, 3.8) is 0 Å². The number of halogens is 1. The van der Waals surface area contributed by atoms with E-state index >= 15 is 0 Å². The molecular weight excluding hydrogens is 232 g/mol. The largest absolute Gasteiger partial charge is 0.378 e. The van der Waals surface area contributed by atoms with Gasteiger partial charge in [0.05, 0.1) is 6.10 Å². The van der Waals surface area contributed by atoms with Crippen LogP contribution in [0.15, 0.2) is 0 Å². The highest BCUT2D eigenvalue weighted by Gasteiger charge is 2.24. The SMILES string of the molecule is CC1OCCC1CNC(=O)NC(=O)CCCl. The Morgan fingerprint density at radius 3 is 2.81 bits per heavy atom. The van der Waals surface area contributed by atoms with Crippen LogP contribution in [0.1, 0.15) is 19.8 Å². The maximum absolute atomic E-state index is 11.3. The zero-order valence-electron chi connectivity index (χ0n) is 9.29. The molecule has 5 nitrogen and oxygen atoms in total. The second-order valence-electron chi connectivity index (χ2n) is 3.82. The molecule has 0 aliphatic carbocycles. The summed E-state index contributed by atoms with van der Waals surface area (Å²) in [6.07, 6.45) is 1.26. The third-order valence-corrected chi connectivity index (χ3v) is 2.82. The standard InChI is InChI=1S/C10H17ClN2O3/c1-7-8(3-5-16-7)6-12-10(15)13-9(14)2-4-11/h7-8H,2-6H2,1H3,(H2,12,13,14,15). The van der Waals surface area contributed by atoms with Gasteiger partial charge in [-0.3, -0.25) is 10.1 Å². The number of nitrogens with one attached hydrogen (secondary N) is 2. The Morgan fingerprint density at radius 2 is 2.25 bits per heavy atom. The van der Waals surface area contributed by atoms with Gasteiger partial charge in [-0.05, 0) is 13.3 Å². The quantitative estimate of drug-likeness (QED) is 0.726. The summed E-state index contributed by atoms with van der Waals surface area (Å²) < 4.78 is 5.36. The molecule has 92 valence electrons.